The molecule has 1 aliphatic rings. The second-order valence-corrected chi connectivity index (χ2v) is 6.82. The second-order valence-electron chi connectivity index (χ2n) is 5.88. The van der Waals surface area contributed by atoms with Crippen LogP contribution in [0.3, 0.4) is 0 Å². The van der Waals surface area contributed by atoms with Crippen LogP contribution in [-0.2, 0) is 6.54 Å². The highest BCUT2D eigenvalue weighted by molar-refractivity contribution is 7.09. The minimum atomic E-state index is -0.170. The van der Waals surface area contributed by atoms with Crippen molar-refractivity contribution >= 4 is 17.2 Å². The second kappa shape index (κ2) is 7.38. The molecule has 0 radical (unpaired) electrons. The molecule has 0 spiro atoms. The number of hydrogen-bond donors (Lipinski definition) is 1. The highest BCUT2D eigenvalue weighted by atomic mass is 32.1. The van der Waals surface area contributed by atoms with E-state index in [4.69, 9.17) is 5.26 Å². The topological polar surface area (TPSA) is 65.8 Å². The number of hydrogen-bond acceptors (Lipinski definition) is 4. The van der Waals surface area contributed by atoms with E-state index in [0.717, 1.165) is 5.01 Å². The third kappa shape index (κ3) is 3.96. The largest absolute Gasteiger partial charge is 0.346 e. The average Bonchev–Trinajstić information content (AvgIpc) is 3.09. The molecule has 3 rings (SSSR count). The van der Waals surface area contributed by atoms with Crippen molar-refractivity contribution in [2.24, 2.45) is 0 Å². The summed E-state index contributed by atoms with van der Waals surface area (Å²) in [4.78, 5) is 16.8. The molecule has 1 fully saturated rings. The van der Waals surface area contributed by atoms with Crippen LogP contribution in [0.4, 0.5) is 0 Å². The van der Waals surface area contributed by atoms with Crippen molar-refractivity contribution in [1.82, 2.24) is 10.3 Å². The molecule has 0 aliphatic heterocycles. The molecule has 0 bridgehead atoms. The maximum Gasteiger partial charge on any atom is 0.251 e. The highest BCUT2D eigenvalue weighted by Crippen LogP contribution is 2.32. The first kappa shape index (κ1) is 15.7. The van der Waals surface area contributed by atoms with Crippen LogP contribution in [0.2, 0.25) is 0 Å². The lowest BCUT2D eigenvalue weighted by Crippen LogP contribution is -2.22. The zero-order chi connectivity index (χ0) is 16.1. The van der Waals surface area contributed by atoms with Crippen LogP contribution in [0.5, 0.6) is 0 Å². The molecule has 0 saturated heterocycles. The van der Waals surface area contributed by atoms with Crippen LogP contribution in [0.25, 0.3) is 0 Å². The predicted octanol–water partition coefficient (Wildman–Crippen LogP) is 3.99. The summed E-state index contributed by atoms with van der Waals surface area (Å²) in [5.74, 6) is 0.424. The van der Waals surface area contributed by atoms with Crippen molar-refractivity contribution in [3.05, 3.63) is 51.5 Å². The van der Waals surface area contributed by atoms with Crippen LogP contribution < -0.4 is 5.32 Å². The molecule has 1 saturated carbocycles. The van der Waals surface area contributed by atoms with Gasteiger partial charge in [-0.3, -0.25) is 4.79 Å². The summed E-state index contributed by atoms with van der Waals surface area (Å²) < 4.78 is 0. The van der Waals surface area contributed by atoms with Crippen LogP contribution in [-0.4, -0.2) is 10.9 Å². The normalized spacial score (nSPS) is 15.1. The number of nitrogens with zero attached hydrogens (tertiary/aromatic N) is 2. The van der Waals surface area contributed by atoms with E-state index in [2.05, 4.69) is 15.7 Å². The van der Waals surface area contributed by atoms with Gasteiger partial charge in [-0.05, 0) is 31.0 Å². The minimum Gasteiger partial charge on any atom is -0.346 e. The number of nitrogens with one attached hydrogen (secondary N) is 1. The molecule has 4 nitrogen and oxygen atoms in total. The summed E-state index contributed by atoms with van der Waals surface area (Å²) in [5, 5.41) is 14.8. The van der Waals surface area contributed by atoms with Crippen molar-refractivity contribution in [1.29, 1.82) is 5.26 Å². The van der Waals surface area contributed by atoms with E-state index in [1.165, 1.54) is 37.8 Å². The molecule has 1 amide bonds. The first-order valence-corrected chi connectivity index (χ1v) is 8.87. The summed E-state index contributed by atoms with van der Waals surface area (Å²) in [6.07, 6.45) is 6.39. The van der Waals surface area contributed by atoms with Crippen molar-refractivity contribution in [3.63, 3.8) is 0 Å². The van der Waals surface area contributed by atoms with E-state index in [0.29, 0.717) is 23.6 Å². The van der Waals surface area contributed by atoms with Gasteiger partial charge in [-0.2, -0.15) is 5.26 Å². The van der Waals surface area contributed by atoms with E-state index in [9.17, 15) is 4.79 Å². The lowest BCUT2D eigenvalue weighted by atomic mass is 9.87. The average molecular weight is 325 g/mol. The van der Waals surface area contributed by atoms with Crippen molar-refractivity contribution in [2.45, 2.75) is 44.6 Å². The van der Waals surface area contributed by atoms with Gasteiger partial charge in [-0.15, -0.1) is 11.3 Å². The van der Waals surface area contributed by atoms with E-state index >= 15 is 0 Å². The Morgan fingerprint density at radius 1 is 1.35 bits per heavy atom. The summed E-state index contributed by atoms with van der Waals surface area (Å²) in [6.45, 7) is 0.438. The molecule has 1 N–H and O–H groups in total. The molecule has 1 aromatic heterocycles. The number of benzene rings is 1. The van der Waals surface area contributed by atoms with E-state index in [1.807, 2.05) is 6.07 Å². The molecule has 23 heavy (non-hydrogen) atoms. The maximum atomic E-state index is 12.2. The lowest BCUT2D eigenvalue weighted by Gasteiger charge is -2.19. The fraction of sp³-hybridized carbons (Fsp3) is 0.389. The Morgan fingerprint density at radius 2 is 2.17 bits per heavy atom. The third-order valence-corrected chi connectivity index (χ3v) is 5.11. The van der Waals surface area contributed by atoms with Crippen molar-refractivity contribution < 1.29 is 4.79 Å². The number of thiazole rings is 1. The third-order valence-electron chi connectivity index (χ3n) is 4.25. The molecule has 1 aromatic carbocycles. The molecule has 2 aromatic rings. The van der Waals surface area contributed by atoms with Gasteiger partial charge in [0.15, 0.2) is 0 Å². The lowest BCUT2D eigenvalue weighted by molar-refractivity contribution is 0.0951. The number of carbonyl (C=O) groups excluding carboxylic acids is 1. The van der Waals surface area contributed by atoms with Gasteiger partial charge in [-0.1, -0.05) is 25.3 Å². The van der Waals surface area contributed by atoms with Gasteiger partial charge in [0.05, 0.1) is 23.9 Å². The predicted molar refractivity (Wildman–Crippen MR) is 90.3 cm³/mol. The van der Waals surface area contributed by atoms with Gasteiger partial charge in [0.2, 0.25) is 0 Å². The summed E-state index contributed by atoms with van der Waals surface area (Å²) in [6, 6.07) is 8.77. The Kier molecular flexibility index (Phi) is 5.04. The number of rotatable bonds is 4. The fourth-order valence-corrected chi connectivity index (χ4v) is 3.80. The standard InChI is InChI=1S/C18H19N3OS/c19-10-13-5-4-8-15(9-13)18(22)20-11-17-21-16(12-23-17)14-6-2-1-3-7-14/h4-5,8-9,12,14H,1-3,6-7,11H2,(H,20,22). The molecular formula is C18H19N3OS. The number of amides is 1. The van der Waals surface area contributed by atoms with Crippen LogP contribution >= 0.6 is 11.3 Å². The van der Waals surface area contributed by atoms with Gasteiger partial charge >= 0.3 is 0 Å². The Bertz CT molecular complexity index is 726. The van der Waals surface area contributed by atoms with Crippen molar-refractivity contribution in [2.75, 3.05) is 0 Å². The molecule has 118 valence electrons. The Hall–Kier alpha value is -2.19. The summed E-state index contributed by atoms with van der Waals surface area (Å²) >= 11 is 1.61. The Morgan fingerprint density at radius 3 is 2.96 bits per heavy atom. The highest BCUT2D eigenvalue weighted by Gasteiger charge is 2.18. The van der Waals surface area contributed by atoms with Crippen molar-refractivity contribution in [3.8, 4) is 6.07 Å². The number of aromatic nitrogens is 1. The quantitative estimate of drug-likeness (QED) is 0.924. The first-order valence-electron chi connectivity index (χ1n) is 7.99. The molecule has 0 atom stereocenters. The van der Waals surface area contributed by atoms with Crippen LogP contribution in [0.15, 0.2) is 29.6 Å². The number of carbonyl (C=O) groups is 1. The maximum absolute atomic E-state index is 12.2. The first-order chi connectivity index (χ1) is 11.3. The van der Waals surface area contributed by atoms with Gasteiger partial charge in [-0.25, -0.2) is 4.98 Å². The zero-order valence-electron chi connectivity index (χ0n) is 12.9. The SMILES string of the molecule is N#Cc1cccc(C(=O)NCc2nc(C3CCCCC3)cs2)c1. The summed E-state index contributed by atoms with van der Waals surface area (Å²) in [5.41, 5.74) is 2.19. The molecule has 0 unspecified atom stereocenters. The van der Waals surface area contributed by atoms with Gasteiger partial charge in [0, 0.05) is 16.9 Å². The van der Waals surface area contributed by atoms with Crippen LogP contribution in [0, 0.1) is 11.3 Å². The van der Waals surface area contributed by atoms with Crippen LogP contribution in [0.1, 0.15) is 64.6 Å². The van der Waals surface area contributed by atoms with Gasteiger partial charge in [0.1, 0.15) is 5.01 Å². The fourth-order valence-electron chi connectivity index (χ4n) is 2.98. The molecule has 5 heteroatoms. The molecule has 1 heterocycles. The molecule has 1 aliphatic carbocycles. The van der Waals surface area contributed by atoms with Gasteiger partial charge < -0.3 is 5.32 Å². The monoisotopic (exact) mass is 325 g/mol. The van der Waals surface area contributed by atoms with Gasteiger partial charge in [0.25, 0.3) is 5.91 Å². The summed E-state index contributed by atoms with van der Waals surface area (Å²) in [7, 11) is 0. The Labute approximate surface area is 140 Å². The van der Waals surface area contributed by atoms with E-state index in [1.54, 1.807) is 35.6 Å². The zero-order valence-corrected chi connectivity index (χ0v) is 13.7. The smallest absolute Gasteiger partial charge is 0.251 e. The number of nitriles is 1. The minimum absolute atomic E-state index is 0.170. The molecular weight excluding hydrogens is 306 g/mol. The van der Waals surface area contributed by atoms with E-state index in [-0.39, 0.29) is 5.91 Å². The van der Waals surface area contributed by atoms with E-state index < -0.39 is 0 Å². The Balaban J connectivity index is 1.58.